The molecular formula is C20H23N3O4. The number of H-pyrrole nitrogens is 1. The summed E-state index contributed by atoms with van der Waals surface area (Å²) in [5, 5.41) is 26.7. The van der Waals surface area contributed by atoms with Gasteiger partial charge in [-0.3, -0.25) is 14.7 Å². The van der Waals surface area contributed by atoms with Gasteiger partial charge in [0.2, 0.25) is 0 Å². The summed E-state index contributed by atoms with van der Waals surface area (Å²) < 4.78 is 0. The van der Waals surface area contributed by atoms with Gasteiger partial charge in [0, 0.05) is 18.7 Å². The molecule has 2 fully saturated rings. The second kappa shape index (κ2) is 6.72. The smallest absolute Gasteiger partial charge is 0.311 e. The van der Waals surface area contributed by atoms with Crippen molar-refractivity contribution in [2.45, 2.75) is 32.1 Å². The summed E-state index contributed by atoms with van der Waals surface area (Å²) in [4.78, 5) is 26.6. The maximum Gasteiger partial charge on any atom is 0.311 e. The molecular weight excluding hydrogens is 346 g/mol. The third-order valence-electron chi connectivity index (χ3n) is 5.68. The number of piperidine rings is 1. The Morgan fingerprint density at radius 3 is 2.78 bits per heavy atom. The Balaban J connectivity index is 1.54. The Morgan fingerprint density at radius 1 is 1.30 bits per heavy atom. The number of carbonyl (C=O) groups is 2. The summed E-state index contributed by atoms with van der Waals surface area (Å²) in [6, 6.07) is 8.40. The van der Waals surface area contributed by atoms with E-state index >= 15 is 0 Å². The molecule has 1 aromatic heterocycles. The van der Waals surface area contributed by atoms with Crippen molar-refractivity contribution in [1.29, 1.82) is 0 Å². The van der Waals surface area contributed by atoms with Gasteiger partial charge in [-0.05, 0) is 43.4 Å². The van der Waals surface area contributed by atoms with Crippen molar-refractivity contribution in [1.82, 2.24) is 15.1 Å². The molecule has 1 atom stereocenters. The van der Waals surface area contributed by atoms with Gasteiger partial charge in [0.25, 0.3) is 5.91 Å². The molecule has 1 unspecified atom stereocenters. The predicted molar refractivity (Wildman–Crippen MR) is 98.2 cm³/mol. The minimum Gasteiger partial charge on any atom is -0.507 e. The second-order valence-electron chi connectivity index (χ2n) is 7.75. The zero-order valence-corrected chi connectivity index (χ0v) is 15.0. The third kappa shape index (κ3) is 3.41. The first-order valence-corrected chi connectivity index (χ1v) is 9.35. The molecule has 4 rings (SSSR count). The summed E-state index contributed by atoms with van der Waals surface area (Å²) in [7, 11) is 0. The Hall–Kier alpha value is -2.83. The van der Waals surface area contributed by atoms with Crippen LogP contribution in [0.3, 0.4) is 0 Å². The number of phenols is 1. The van der Waals surface area contributed by atoms with Crippen LogP contribution in [0.1, 0.15) is 42.6 Å². The molecule has 1 aliphatic carbocycles. The molecule has 0 spiro atoms. The molecule has 7 nitrogen and oxygen atoms in total. The lowest BCUT2D eigenvalue weighted by atomic mass is 9.75. The van der Waals surface area contributed by atoms with E-state index in [1.54, 1.807) is 35.2 Å². The van der Waals surface area contributed by atoms with Gasteiger partial charge >= 0.3 is 5.97 Å². The number of carboxylic acid groups (broad SMARTS) is 1. The quantitative estimate of drug-likeness (QED) is 0.751. The molecule has 1 saturated carbocycles. The van der Waals surface area contributed by atoms with Crippen LogP contribution < -0.4 is 0 Å². The summed E-state index contributed by atoms with van der Waals surface area (Å²) in [6.45, 7) is 0.784. The van der Waals surface area contributed by atoms with Crippen molar-refractivity contribution in [3.63, 3.8) is 0 Å². The molecule has 2 aliphatic rings. The number of hydrogen-bond acceptors (Lipinski definition) is 4. The number of rotatable bonds is 5. The largest absolute Gasteiger partial charge is 0.507 e. The molecule has 0 radical (unpaired) electrons. The highest BCUT2D eigenvalue weighted by Gasteiger charge is 2.47. The van der Waals surface area contributed by atoms with Crippen molar-refractivity contribution in [3.05, 3.63) is 36.0 Å². The van der Waals surface area contributed by atoms with Crippen LogP contribution in [0.2, 0.25) is 0 Å². The van der Waals surface area contributed by atoms with E-state index in [1.165, 1.54) is 0 Å². The number of aromatic nitrogens is 2. The fraction of sp³-hybridized carbons (Fsp3) is 0.450. The lowest BCUT2D eigenvalue weighted by molar-refractivity contribution is -0.152. The highest BCUT2D eigenvalue weighted by atomic mass is 16.4. The first-order valence-electron chi connectivity index (χ1n) is 9.35. The fourth-order valence-corrected chi connectivity index (χ4v) is 4.04. The average molecular weight is 369 g/mol. The van der Waals surface area contributed by atoms with Gasteiger partial charge in [-0.1, -0.05) is 25.0 Å². The van der Waals surface area contributed by atoms with Crippen molar-refractivity contribution < 1.29 is 19.8 Å². The minimum absolute atomic E-state index is 0.0929. The number of para-hydroxylation sites is 1. The van der Waals surface area contributed by atoms with E-state index in [4.69, 9.17) is 0 Å². The molecule has 0 bridgehead atoms. The van der Waals surface area contributed by atoms with E-state index in [0.717, 1.165) is 12.8 Å². The standard InChI is InChI=1S/C20H23N3O4/c24-17-5-2-1-4-14(17)15-10-16(22-21-15)18(25)23-9-3-8-20(12-23,19(26)27)11-13-6-7-13/h1-2,4-5,10,13,24H,3,6-9,11-12H2,(H,21,22)(H,26,27). The minimum atomic E-state index is -0.838. The van der Waals surface area contributed by atoms with E-state index in [-0.39, 0.29) is 18.2 Å². The molecule has 27 heavy (non-hydrogen) atoms. The molecule has 3 N–H and O–H groups in total. The van der Waals surface area contributed by atoms with Crippen molar-refractivity contribution in [2.24, 2.45) is 11.3 Å². The van der Waals surface area contributed by atoms with E-state index in [2.05, 4.69) is 10.2 Å². The number of aromatic hydroxyl groups is 1. The number of amides is 1. The third-order valence-corrected chi connectivity index (χ3v) is 5.68. The van der Waals surface area contributed by atoms with Crippen LogP contribution >= 0.6 is 0 Å². The number of aromatic amines is 1. The van der Waals surface area contributed by atoms with Crippen molar-refractivity contribution in [3.8, 4) is 17.0 Å². The van der Waals surface area contributed by atoms with Crippen molar-refractivity contribution in [2.75, 3.05) is 13.1 Å². The summed E-state index contributed by atoms with van der Waals surface area (Å²) in [6.07, 6.45) is 4.14. The molecule has 1 aromatic carbocycles. The van der Waals surface area contributed by atoms with E-state index < -0.39 is 11.4 Å². The molecule has 7 heteroatoms. The average Bonchev–Trinajstić information content (AvgIpc) is 3.33. The summed E-state index contributed by atoms with van der Waals surface area (Å²) >= 11 is 0. The van der Waals surface area contributed by atoms with Crippen LogP contribution in [0.4, 0.5) is 0 Å². The second-order valence-corrected chi connectivity index (χ2v) is 7.75. The number of aliphatic carboxylic acids is 1. The van der Waals surface area contributed by atoms with Crippen LogP contribution in [0.5, 0.6) is 5.75 Å². The highest BCUT2D eigenvalue weighted by Crippen LogP contribution is 2.45. The first kappa shape index (κ1) is 17.6. The number of hydrogen-bond donors (Lipinski definition) is 3. The number of carbonyl (C=O) groups excluding carboxylic acids is 1. The molecule has 1 amide bonds. The van der Waals surface area contributed by atoms with Crippen LogP contribution in [-0.4, -0.2) is 50.3 Å². The molecule has 1 aliphatic heterocycles. The maximum atomic E-state index is 12.9. The van der Waals surface area contributed by atoms with Gasteiger partial charge in [0.05, 0.1) is 11.1 Å². The Bertz CT molecular complexity index is 874. The Kier molecular flexibility index (Phi) is 4.37. The number of nitrogens with zero attached hydrogens (tertiary/aromatic N) is 2. The monoisotopic (exact) mass is 369 g/mol. The zero-order valence-electron chi connectivity index (χ0n) is 15.0. The van der Waals surface area contributed by atoms with Crippen LogP contribution in [0.25, 0.3) is 11.3 Å². The Morgan fingerprint density at radius 2 is 2.07 bits per heavy atom. The first-order chi connectivity index (χ1) is 13.0. The van der Waals surface area contributed by atoms with E-state index in [9.17, 15) is 19.8 Å². The number of benzene rings is 1. The summed E-state index contributed by atoms with van der Waals surface area (Å²) in [5.41, 5.74) is 0.493. The van der Waals surface area contributed by atoms with Gasteiger partial charge in [0.15, 0.2) is 0 Å². The van der Waals surface area contributed by atoms with Gasteiger partial charge in [0.1, 0.15) is 11.4 Å². The number of carboxylic acids is 1. The zero-order chi connectivity index (χ0) is 19.0. The predicted octanol–water partition coefficient (Wildman–Crippen LogP) is 2.89. The Labute approximate surface area is 157 Å². The van der Waals surface area contributed by atoms with Crippen LogP contribution in [0.15, 0.2) is 30.3 Å². The number of phenolic OH excluding ortho intramolecular Hbond substituents is 1. The lowest BCUT2D eigenvalue weighted by Gasteiger charge is -2.40. The SMILES string of the molecule is O=C(c1cc(-c2ccccc2O)n[nH]1)N1CCCC(CC2CC2)(C(=O)O)C1. The van der Waals surface area contributed by atoms with Gasteiger partial charge in [-0.2, -0.15) is 5.10 Å². The topological polar surface area (TPSA) is 107 Å². The molecule has 2 aromatic rings. The normalized spacial score (nSPS) is 22.6. The highest BCUT2D eigenvalue weighted by molar-refractivity contribution is 5.94. The van der Waals surface area contributed by atoms with E-state index in [0.29, 0.717) is 48.7 Å². The van der Waals surface area contributed by atoms with Gasteiger partial charge in [-0.15, -0.1) is 0 Å². The van der Waals surface area contributed by atoms with Gasteiger partial charge in [-0.25, -0.2) is 0 Å². The number of likely N-dealkylation sites (tertiary alicyclic amines) is 1. The van der Waals surface area contributed by atoms with Crippen molar-refractivity contribution >= 4 is 11.9 Å². The molecule has 2 heterocycles. The van der Waals surface area contributed by atoms with Crippen LogP contribution in [-0.2, 0) is 4.79 Å². The fourth-order valence-electron chi connectivity index (χ4n) is 4.04. The number of nitrogens with one attached hydrogen (secondary N) is 1. The van der Waals surface area contributed by atoms with Gasteiger partial charge < -0.3 is 15.1 Å². The lowest BCUT2D eigenvalue weighted by Crippen LogP contribution is -2.50. The molecule has 142 valence electrons. The molecule has 1 saturated heterocycles. The maximum absolute atomic E-state index is 12.9. The summed E-state index contributed by atoms with van der Waals surface area (Å²) in [5.74, 6) is -0.469. The van der Waals surface area contributed by atoms with Crippen LogP contribution in [0, 0.1) is 11.3 Å². The van der Waals surface area contributed by atoms with E-state index in [1.807, 2.05) is 0 Å².